The standard InChI is InChI=1S/C13H19F3N2O/c14-13(15,16)9-17-4-6-18(7-5-17)11(19)10-8-12(10)2-1-3-12/h10H,1-9H2/t10-/m0/s1. The van der Waals surface area contributed by atoms with Gasteiger partial charge in [0.2, 0.25) is 5.91 Å². The molecule has 2 aliphatic carbocycles. The average molecular weight is 276 g/mol. The first-order chi connectivity index (χ1) is 8.90. The highest BCUT2D eigenvalue weighted by Crippen LogP contribution is 2.65. The van der Waals surface area contributed by atoms with Crippen LogP contribution in [-0.4, -0.2) is 54.6 Å². The Morgan fingerprint density at radius 1 is 1.16 bits per heavy atom. The van der Waals surface area contributed by atoms with Gasteiger partial charge in [-0.05, 0) is 24.7 Å². The molecule has 0 unspecified atom stereocenters. The maximum absolute atomic E-state index is 12.3. The van der Waals surface area contributed by atoms with Crippen LogP contribution in [0.4, 0.5) is 13.2 Å². The van der Waals surface area contributed by atoms with Crippen molar-refractivity contribution in [2.24, 2.45) is 11.3 Å². The summed E-state index contributed by atoms with van der Waals surface area (Å²) < 4.78 is 36.8. The lowest BCUT2D eigenvalue weighted by molar-refractivity contribution is -0.152. The fraction of sp³-hybridized carbons (Fsp3) is 0.923. The van der Waals surface area contributed by atoms with Gasteiger partial charge in [-0.1, -0.05) is 6.42 Å². The van der Waals surface area contributed by atoms with E-state index < -0.39 is 12.7 Å². The van der Waals surface area contributed by atoms with Crippen molar-refractivity contribution in [1.29, 1.82) is 0 Å². The Kier molecular flexibility index (Phi) is 3.04. The van der Waals surface area contributed by atoms with Crippen LogP contribution in [0.3, 0.4) is 0 Å². The third-order valence-electron chi connectivity index (χ3n) is 4.92. The van der Waals surface area contributed by atoms with Crippen LogP contribution in [-0.2, 0) is 4.79 Å². The first-order valence-corrected chi connectivity index (χ1v) is 6.98. The third kappa shape index (κ3) is 2.59. The van der Waals surface area contributed by atoms with Gasteiger partial charge < -0.3 is 4.90 Å². The summed E-state index contributed by atoms with van der Waals surface area (Å²) in [5.74, 6) is 0.363. The number of carbonyl (C=O) groups is 1. The van der Waals surface area contributed by atoms with Gasteiger partial charge in [-0.3, -0.25) is 9.69 Å². The van der Waals surface area contributed by atoms with Crippen molar-refractivity contribution in [2.75, 3.05) is 32.7 Å². The molecule has 108 valence electrons. The van der Waals surface area contributed by atoms with Crippen LogP contribution in [0.15, 0.2) is 0 Å². The van der Waals surface area contributed by atoms with E-state index in [-0.39, 0.29) is 11.8 Å². The van der Waals surface area contributed by atoms with Crippen LogP contribution in [0.1, 0.15) is 25.7 Å². The predicted octanol–water partition coefficient (Wildman–Crippen LogP) is 1.88. The van der Waals surface area contributed by atoms with Crippen molar-refractivity contribution < 1.29 is 18.0 Å². The van der Waals surface area contributed by atoms with Gasteiger partial charge in [-0.25, -0.2) is 0 Å². The molecule has 3 aliphatic rings. The quantitative estimate of drug-likeness (QED) is 0.769. The van der Waals surface area contributed by atoms with Gasteiger partial charge >= 0.3 is 6.18 Å². The van der Waals surface area contributed by atoms with Crippen molar-refractivity contribution in [2.45, 2.75) is 31.9 Å². The summed E-state index contributed by atoms with van der Waals surface area (Å²) in [5.41, 5.74) is 0.306. The molecule has 19 heavy (non-hydrogen) atoms. The number of alkyl halides is 3. The van der Waals surface area contributed by atoms with Gasteiger partial charge in [0.25, 0.3) is 0 Å². The van der Waals surface area contributed by atoms with Crippen molar-refractivity contribution in [3.63, 3.8) is 0 Å². The molecule has 1 spiro atoms. The fourth-order valence-corrected chi connectivity index (χ4v) is 3.48. The maximum Gasteiger partial charge on any atom is 0.401 e. The van der Waals surface area contributed by atoms with Gasteiger partial charge in [0.05, 0.1) is 6.54 Å². The van der Waals surface area contributed by atoms with Crippen molar-refractivity contribution >= 4 is 5.91 Å². The van der Waals surface area contributed by atoms with Gasteiger partial charge in [-0.2, -0.15) is 13.2 Å². The van der Waals surface area contributed by atoms with Crippen LogP contribution >= 0.6 is 0 Å². The first-order valence-electron chi connectivity index (χ1n) is 6.98. The zero-order chi connectivity index (χ0) is 13.7. The second kappa shape index (κ2) is 4.36. The van der Waals surface area contributed by atoms with E-state index in [1.807, 2.05) is 0 Å². The normalized spacial score (nSPS) is 30.3. The van der Waals surface area contributed by atoms with Crippen LogP contribution in [0, 0.1) is 11.3 Å². The summed E-state index contributed by atoms with van der Waals surface area (Å²) >= 11 is 0. The summed E-state index contributed by atoms with van der Waals surface area (Å²) in [6.07, 6.45) is 0.422. The Labute approximate surface area is 110 Å². The summed E-state index contributed by atoms with van der Waals surface area (Å²) in [6, 6.07) is 0. The van der Waals surface area contributed by atoms with E-state index in [9.17, 15) is 18.0 Å². The molecule has 2 saturated carbocycles. The van der Waals surface area contributed by atoms with Gasteiger partial charge in [0, 0.05) is 32.1 Å². The molecule has 1 heterocycles. The molecule has 0 aromatic carbocycles. The summed E-state index contributed by atoms with van der Waals surface area (Å²) in [4.78, 5) is 15.4. The van der Waals surface area contributed by atoms with Crippen LogP contribution in [0.5, 0.6) is 0 Å². The smallest absolute Gasteiger partial charge is 0.340 e. The molecule has 6 heteroatoms. The maximum atomic E-state index is 12.3. The van der Waals surface area contributed by atoms with Crippen LogP contribution < -0.4 is 0 Å². The van der Waals surface area contributed by atoms with E-state index >= 15 is 0 Å². The van der Waals surface area contributed by atoms with E-state index in [0.717, 1.165) is 19.3 Å². The molecule has 0 aromatic heterocycles. The SMILES string of the molecule is O=C([C@@H]1CC12CCC2)N1CCN(CC(F)(F)F)CC1. The third-order valence-corrected chi connectivity index (χ3v) is 4.92. The van der Waals surface area contributed by atoms with E-state index in [1.165, 1.54) is 11.3 Å². The number of hydrogen-bond acceptors (Lipinski definition) is 2. The molecule has 0 radical (unpaired) electrons. The topological polar surface area (TPSA) is 23.6 Å². The van der Waals surface area contributed by atoms with E-state index in [0.29, 0.717) is 31.6 Å². The second-order valence-corrected chi connectivity index (χ2v) is 6.19. The molecule has 0 N–H and O–H groups in total. The van der Waals surface area contributed by atoms with Gasteiger partial charge in [0.15, 0.2) is 0 Å². The minimum atomic E-state index is -4.14. The Balaban J connectivity index is 1.47. The Morgan fingerprint density at radius 2 is 1.79 bits per heavy atom. The highest BCUT2D eigenvalue weighted by molar-refractivity contribution is 5.83. The van der Waals surface area contributed by atoms with E-state index in [2.05, 4.69) is 0 Å². The molecule has 3 fully saturated rings. The lowest BCUT2D eigenvalue weighted by Gasteiger charge is -2.36. The number of piperazine rings is 1. The average Bonchev–Trinajstić information content (AvgIpc) is 3.02. The largest absolute Gasteiger partial charge is 0.401 e. The Hall–Kier alpha value is -0.780. The zero-order valence-corrected chi connectivity index (χ0v) is 10.9. The van der Waals surface area contributed by atoms with E-state index in [4.69, 9.17) is 0 Å². The molecule has 1 saturated heterocycles. The molecule has 0 aromatic rings. The van der Waals surface area contributed by atoms with Crippen molar-refractivity contribution in [3.05, 3.63) is 0 Å². The van der Waals surface area contributed by atoms with Crippen molar-refractivity contribution in [1.82, 2.24) is 9.80 Å². The molecular weight excluding hydrogens is 257 g/mol. The zero-order valence-electron chi connectivity index (χ0n) is 10.9. The first kappa shape index (κ1) is 13.2. The Morgan fingerprint density at radius 3 is 2.21 bits per heavy atom. The molecule has 0 bridgehead atoms. The molecule has 1 aliphatic heterocycles. The lowest BCUT2D eigenvalue weighted by atomic mass is 9.79. The molecule has 1 amide bonds. The molecule has 1 atom stereocenters. The number of rotatable bonds is 2. The fourth-order valence-electron chi connectivity index (χ4n) is 3.48. The Bertz CT molecular complexity index is 371. The number of carbonyl (C=O) groups excluding carboxylic acids is 1. The molecular formula is C13H19F3N2O. The molecule has 3 nitrogen and oxygen atoms in total. The predicted molar refractivity (Wildman–Crippen MR) is 63.5 cm³/mol. The minimum absolute atomic E-state index is 0.176. The highest BCUT2D eigenvalue weighted by atomic mass is 19.4. The summed E-state index contributed by atoms with van der Waals surface area (Å²) in [7, 11) is 0. The van der Waals surface area contributed by atoms with Gasteiger partial charge in [-0.15, -0.1) is 0 Å². The summed E-state index contributed by atoms with van der Waals surface area (Å²) in [6.45, 7) is 0.710. The van der Waals surface area contributed by atoms with Crippen molar-refractivity contribution in [3.8, 4) is 0 Å². The van der Waals surface area contributed by atoms with Crippen LogP contribution in [0.2, 0.25) is 0 Å². The number of amides is 1. The number of hydrogen-bond donors (Lipinski definition) is 0. The lowest BCUT2D eigenvalue weighted by Crippen LogP contribution is -2.51. The van der Waals surface area contributed by atoms with Crippen LogP contribution in [0.25, 0.3) is 0 Å². The number of halogens is 3. The minimum Gasteiger partial charge on any atom is -0.340 e. The highest BCUT2D eigenvalue weighted by Gasteiger charge is 2.61. The monoisotopic (exact) mass is 276 g/mol. The second-order valence-electron chi connectivity index (χ2n) is 6.19. The molecule has 3 rings (SSSR count). The summed E-state index contributed by atoms with van der Waals surface area (Å²) in [5, 5.41) is 0. The van der Waals surface area contributed by atoms with E-state index in [1.54, 1.807) is 4.90 Å². The van der Waals surface area contributed by atoms with Gasteiger partial charge in [0.1, 0.15) is 0 Å². The number of nitrogens with zero attached hydrogens (tertiary/aromatic N) is 2.